The van der Waals surface area contributed by atoms with Crippen molar-refractivity contribution in [1.82, 2.24) is 9.97 Å². The molecule has 0 saturated carbocycles. The number of anilines is 1. The van der Waals surface area contributed by atoms with Gasteiger partial charge in [-0.25, -0.2) is 4.98 Å². The molecule has 1 atom stereocenters. The molecule has 0 aliphatic carbocycles. The maximum absolute atomic E-state index is 9.67. The number of piperidine rings is 1. The molecule has 0 amide bonds. The van der Waals surface area contributed by atoms with Gasteiger partial charge in [-0.15, -0.1) is 0 Å². The molecule has 0 radical (unpaired) electrons. The van der Waals surface area contributed by atoms with E-state index in [1.165, 1.54) is 11.8 Å². The van der Waals surface area contributed by atoms with Crippen LogP contribution in [0.1, 0.15) is 12.8 Å². The number of hydrogen-bond donors (Lipinski definition) is 1. The van der Waals surface area contributed by atoms with Gasteiger partial charge in [0.25, 0.3) is 0 Å². The molecule has 17 heavy (non-hydrogen) atoms. The zero-order valence-electron chi connectivity index (χ0n) is 10.1. The van der Waals surface area contributed by atoms with Crippen LogP contribution < -0.4 is 9.64 Å². The van der Waals surface area contributed by atoms with Crippen molar-refractivity contribution in [2.24, 2.45) is 0 Å². The summed E-state index contributed by atoms with van der Waals surface area (Å²) >= 11 is 1.49. The van der Waals surface area contributed by atoms with Gasteiger partial charge >= 0.3 is 0 Å². The van der Waals surface area contributed by atoms with Crippen molar-refractivity contribution in [3.8, 4) is 5.88 Å². The van der Waals surface area contributed by atoms with Gasteiger partial charge in [0.05, 0.1) is 13.2 Å². The highest BCUT2D eigenvalue weighted by atomic mass is 32.2. The van der Waals surface area contributed by atoms with Crippen molar-refractivity contribution in [1.29, 1.82) is 0 Å². The van der Waals surface area contributed by atoms with E-state index in [2.05, 4.69) is 14.9 Å². The molecule has 1 aliphatic heterocycles. The summed E-state index contributed by atoms with van der Waals surface area (Å²) in [7, 11) is 1.60. The molecule has 6 heteroatoms. The summed E-state index contributed by atoms with van der Waals surface area (Å²) in [5.41, 5.74) is 0. The molecule has 1 fully saturated rings. The zero-order valence-corrected chi connectivity index (χ0v) is 10.9. The molecule has 2 heterocycles. The number of aliphatic hydroxyl groups excluding tert-OH is 1. The van der Waals surface area contributed by atoms with Gasteiger partial charge in [-0.2, -0.15) is 4.98 Å². The molecule has 0 aromatic carbocycles. The number of hydrogen-bond acceptors (Lipinski definition) is 6. The lowest BCUT2D eigenvalue weighted by atomic mass is 10.1. The Morgan fingerprint density at radius 3 is 3.00 bits per heavy atom. The molecule has 1 aliphatic rings. The van der Waals surface area contributed by atoms with Crippen molar-refractivity contribution in [3.05, 3.63) is 6.07 Å². The fourth-order valence-electron chi connectivity index (χ4n) is 1.91. The Morgan fingerprint density at radius 1 is 1.53 bits per heavy atom. The van der Waals surface area contributed by atoms with Gasteiger partial charge in [-0.05, 0) is 19.1 Å². The maximum atomic E-state index is 9.67. The predicted molar refractivity (Wildman–Crippen MR) is 67.8 cm³/mol. The topological polar surface area (TPSA) is 58.5 Å². The first-order valence-corrected chi connectivity index (χ1v) is 6.85. The minimum Gasteiger partial charge on any atom is -0.481 e. The van der Waals surface area contributed by atoms with Gasteiger partial charge in [0.2, 0.25) is 5.88 Å². The van der Waals surface area contributed by atoms with E-state index in [1.54, 1.807) is 7.11 Å². The van der Waals surface area contributed by atoms with Crippen LogP contribution in [0.15, 0.2) is 11.2 Å². The Bertz CT molecular complexity index is 367. The van der Waals surface area contributed by atoms with E-state index in [9.17, 15) is 5.11 Å². The minimum atomic E-state index is -0.262. The molecule has 1 aromatic heterocycles. The molecule has 0 spiro atoms. The average molecular weight is 255 g/mol. The number of ether oxygens (including phenoxy) is 1. The molecule has 1 unspecified atom stereocenters. The zero-order chi connectivity index (χ0) is 12.3. The molecule has 2 rings (SSSR count). The first-order valence-electron chi connectivity index (χ1n) is 5.63. The van der Waals surface area contributed by atoms with Crippen LogP contribution in [0.3, 0.4) is 0 Å². The summed E-state index contributed by atoms with van der Waals surface area (Å²) in [6.45, 7) is 1.55. The van der Waals surface area contributed by atoms with Crippen LogP contribution >= 0.6 is 11.8 Å². The molecule has 0 bridgehead atoms. The van der Waals surface area contributed by atoms with Gasteiger partial charge in [0.1, 0.15) is 5.82 Å². The highest BCUT2D eigenvalue weighted by Gasteiger charge is 2.20. The third-order valence-electron chi connectivity index (χ3n) is 2.78. The standard InChI is InChI=1S/C11H17N3O2S/c1-16-10-6-9(12-11(13-10)17-2)14-5-3-4-8(15)7-14/h6,8,15H,3-5,7H2,1-2H3. The fourth-order valence-corrected chi connectivity index (χ4v) is 2.28. The highest BCUT2D eigenvalue weighted by molar-refractivity contribution is 7.98. The van der Waals surface area contributed by atoms with Gasteiger partial charge in [-0.3, -0.25) is 0 Å². The van der Waals surface area contributed by atoms with Gasteiger partial charge in [0.15, 0.2) is 5.16 Å². The lowest BCUT2D eigenvalue weighted by Gasteiger charge is -2.31. The minimum absolute atomic E-state index is 0.262. The van der Waals surface area contributed by atoms with Crippen molar-refractivity contribution >= 4 is 17.6 Å². The van der Waals surface area contributed by atoms with E-state index in [1.807, 2.05) is 12.3 Å². The number of thioether (sulfide) groups is 1. The largest absolute Gasteiger partial charge is 0.481 e. The summed E-state index contributed by atoms with van der Waals surface area (Å²) < 4.78 is 5.16. The summed E-state index contributed by atoms with van der Waals surface area (Å²) in [6.07, 6.45) is 3.53. The number of β-amino-alcohol motifs (C(OH)–C–C–N with tert-alkyl or cyclic N) is 1. The Hall–Kier alpha value is -1.01. The predicted octanol–water partition coefficient (Wildman–Crippen LogP) is 1.17. The third kappa shape index (κ3) is 3.01. The summed E-state index contributed by atoms with van der Waals surface area (Å²) in [4.78, 5) is 10.8. The van der Waals surface area contributed by atoms with Crippen molar-refractivity contribution in [2.45, 2.75) is 24.1 Å². The summed E-state index contributed by atoms with van der Waals surface area (Å²) in [6, 6.07) is 1.82. The monoisotopic (exact) mass is 255 g/mol. The molecule has 1 aromatic rings. The van der Waals surface area contributed by atoms with Crippen LogP contribution in [0.25, 0.3) is 0 Å². The van der Waals surface area contributed by atoms with E-state index in [-0.39, 0.29) is 6.10 Å². The van der Waals surface area contributed by atoms with Crippen molar-refractivity contribution < 1.29 is 9.84 Å². The summed E-state index contributed by atoms with van der Waals surface area (Å²) in [5, 5.41) is 10.4. The Morgan fingerprint density at radius 2 is 2.35 bits per heavy atom. The number of aliphatic hydroxyl groups is 1. The van der Waals surface area contributed by atoms with Crippen LogP contribution in [0.4, 0.5) is 5.82 Å². The first-order chi connectivity index (χ1) is 8.22. The van der Waals surface area contributed by atoms with Crippen LogP contribution in [0.2, 0.25) is 0 Å². The normalized spacial score (nSPS) is 20.4. The quantitative estimate of drug-likeness (QED) is 0.646. The third-order valence-corrected chi connectivity index (χ3v) is 3.33. The maximum Gasteiger partial charge on any atom is 0.219 e. The van der Waals surface area contributed by atoms with Crippen LogP contribution in [0.5, 0.6) is 5.88 Å². The molecule has 94 valence electrons. The summed E-state index contributed by atoms with van der Waals surface area (Å²) in [5.74, 6) is 1.40. The number of nitrogens with zero attached hydrogens (tertiary/aromatic N) is 3. The number of aromatic nitrogens is 2. The van der Waals surface area contributed by atoms with Gasteiger partial charge < -0.3 is 14.7 Å². The average Bonchev–Trinajstić information content (AvgIpc) is 2.38. The lowest BCUT2D eigenvalue weighted by Crippen LogP contribution is -2.38. The van der Waals surface area contributed by atoms with Crippen LogP contribution in [-0.4, -0.2) is 47.6 Å². The van der Waals surface area contributed by atoms with E-state index < -0.39 is 0 Å². The fraction of sp³-hybridized carbons (Fsp3) is 0.636. The van der Waals surface area contributed by atoms with E-state index in [0.717, 1.165) is 25.2 Å². The van der Waals surface area contributed by atoms with Crippen molar-refractivity contribution in [2.75, 3.05) is 31.4 Å². The molecular formula is C11H17N3O2S. The number of methoxy groups -OCH3 is 1. The smallest absolute Gasteiger partial charge is 0.219 e. The van der Waals surface area contributed by atoms with Crippen molar-refractivity contribution in [3.63, 3.8) is 0 Å². The van der Waals surface area contributed by atoms with E-state index >= 15 is 0 Å². The molecule has 5 nitrogen and oxygen atoms in total. The van der Waals surface area contributed by atoms with Crippen LogP contribution in [0, 0.1) is 0 Å². The molecule has 1 saturated heterocycles. The van der Waals surface area contributed by atoms with E-state index in [0.29, 0.717) is 17.6 Å². The second kappa shape index (κ2) is 5.55. The molecule has 1 N–H and O–H groups in total. The first kappa shape index (κ1) is 12.4. The van der Waals surface area contributed by atoms with Gasteiger partial charge in [-0.1, -0.05) is 11.8 Å². The lowest BCUT2D eigenvalue weighted by molar-refractivity contribution is 0.153. The SMILES string of the molecule is COc1cc(N2CCCC(O)C2)nc(SC)n1. The molecular weight excluding hydrogens is 238 g/mol. The van der Waals surface area contributed by atoms with E-state index in [4.69, 9.17) is 4.74 Å². The van der Waals surface area contributed by atoms with Gasteiger partial charge in [0, 0.05) is 19.2 Å². The Labute approximate surface area is 105 Å². The Balaban J connectivity index is 2.23. The van der Waals surface area contributed by atoms with Crippen LogP contribution in [-0.2, 0) is 0 Å². The Kier molecular flexibility index (Phi) is 4.06. The number of rotatable bonds is 3. The highest BCUT2D eigenvalue weighted by Crippen LogP contribution is 2.24. The second-order valence-corrected chi connectivity index (χ2v) is 4.77. The second-order valence-electron chi connectivity index (χ2n) is 4.00.